The zero-order valence-electron chi connectivity index (χ0n) is 15.9. The molecule has 3 aromatic carbocycles. The topological polar surface area (TPSA) is 65.4 Å². The molecule has 1 aromatic heterocycles. The Bertz CT molecular complexity index is 1220. The lowest BCUT2D eigenvalue weighted by Crippen LogP contribution is -2.16. The molecule has 1 N–H and O–H groups in total. The number of aryl methyl sites for hydroxylation is 1. The standard InChI is InChI=1S/C23H19N3O3/c1-15-24-19-13-16(7-9-20(19)26(15)18-5-3-2-4-6-18)23(27)25-17-8-10-21-22(14-17)29-12-11-28-21/h2-10,13-14H,11-12H2,1H3,(H,25,27). The van der Waals surface area contributed by atoms with Crippen molar-refractivity contribution in [3.63, 3.8) is 0 Å². The molecular formula is C23H19N3O3. The van der Waals surface area contributed by atoms with Crippen LogP contribution in [0.5, 0.6) is 11.5 Å². The van der Waals surface area contributed by atoms with Crippen LogP contribution < -0.4 is 14.8 Å². The number of carbonyl (C=O) groups excluding carboxylic acids is 1. The van der Waals surface area contributed by atoms with Gasteiger partial charge in [-0.15, -0.1) is 0 Å². The predicted octanol–water partition coefficient (Wildman–Crippen LogP) is 4.36. The summed E-state index contributed by atoms with van der Waals surface area (Å²) in [5.74, 6) is 2.01. The predicted molar refractivity (Wildman–Crippen MR) is 111 cm³/mol. The summed E-state index contributed by atoms with van der Waals surface area (Å²) in [7, 11) is 0. The number of hydrogen-bond acceptors (Lipinski definition) is 4. The summed E-state index contributed by atoms with van der Waals surface area (Å²) >= 11 is 0. The summed E-state index contributed by atoms with van der Waals surface area (Å²) in [6, 6.07) is 21.0. The number of nitrogens with one attached hydrogen (secondary N) is 1. The van der Waals surface area contributed by atoms with Crippen LogP contribution in [0.15, 0.2) is 66.7 Å². The molecule has 0 aliphatic carbocycles. The molecule has 5 rings (SSSR count). The van der Waals surface area contributed by atoms with Crippen LogP contribution in [-0.4, -0.2) is 28.7 Å². The first-order chi connectivity index (χ1) is 14.2. The smallest absolute Gasteiger partial charge is 0.255 e. The molecule has 0 unspecified atom stereocenters. The van der Waals surface area contributed by atoms with Gasteiger partial charge in [-0.1, -0.05) is 18.2 Å². The Morgan fingerprint density at radius 2 is 1.76 bits per heavy atom. The number of fused-ring (bicyclic) bond motifs is 2. The third-order valence-corrected chi connectivity index (χ3v) is 4.90. The van der Waals surface area contributed by atoms with Crippen LogP contribution >= 0.6 is 0 Å². The van der Waals surface area contributed by atoms with E-state index in [1.807, 2.05) is 55.5 Å². The van der Waals surface area contributed by atoms with E-state index in [2.05, 4.69) is 14.9 Å². The maximum Gasteiger partial charge on any atom is 0.255 e. The SMILES string of the molecule is Cc1nc2cc(C(=O)Nc3ccc4c(c3)OCCO4)ccc2n1-c1ccccc1. The Morgan fingerprint density at radius 3 is 2.59 bits per heavy atom. The zero-order chi connectivity index (χ0) is 19.8. The average Bonchev–Trinajstić information content (AvgIpc) is 3.09. The molecule has 29 heavy (non-hydrogen) atoms. The van der Waals surface area contributed by atoms with Crippen molar-refractivity contribution in [1.29, 1.82) is 0 Å². The van der Waals surface area contributed by atoms with E-state index in [0.717, 1.165) is 22.5 Å². The number of imidazole rings is 1. The minimum Gasteiger partial charge on any atom is -0.486 e. The van der Waals surface area contributed by atoms with Crippen LogP contribution in [0, 0.1) is 6.92 Å². The Balaban J connectivity index is 1.44. The Morgan fingerprint density at radius 1 is 0.966 bits per heavy atom. The number of carbonyl (C=O) groups is 1. The Labute approximate surface area is 167 Å². The molecule has 4 aromatic rings. The molecule has 0 bridgehead atoms. The summed E-state index contributed by atoms with van der Waals surface area (Å²) in [5, 5.41) is 2.92. The fraction of sp³-hybridized carbons (Fsp3) is 0.130. The van der Waals surface area contributed by atoms with Crippen molar-refractivity contribution in [2.75, 3.05) is 18.5 Å². The van der Waals surface area contributed by atoms with Crippen LogP contribution in [0.1, 0.15) is 16.2 Å². The lowest BCUT2D eigenvalue weighted by molar-refractivity contribution is 0.102. The van der Waals surface area contributed by atoms with Gasteiger partial charge in [0.05, 0.1) is 11.0 Å². The highest BCUT2D eigenvalue weighted by molar-refractivity contribution is 6.06. The first-order valence-electron chi connectivity index (χ1n) is 9.44. The van der Waals surface area contributed by atoms with E-state index in [0.29, 0.717) is 36.0 Å². The van der Waals surface area contributed by atoms with Crippen molar-refractivity contribution in [2.24, 2.45) is 0 Å². The van der Waals surface area contributed by atoms with E-state index in [9.17, 15) is 4.79 Å². The van der Waals surface area contributed by atoms with Gasteiger partial charge in [-0.25, -0.2) is 4.98 Å². The van der Waals surface area contributed by atoms with E-state index in [1.54, 1.807) is 18.2 Å². The molecule has 0 saturated carbocycles. The second-order valence-electron chi connectivity index (χ2n) is 6.85. The van der Waals surface area contributed by atoms with E-state index in [1.165, 1.54) is 0 Å². The summed E-state index contributed by atoms with van der Waals surface area (Å²) in [6.07, 6.45) is 0. The van der Waals surface area contributed by atoms with Gasteiger partial charge >= 0.3 is 0 Å². The first-order valence-corrected chi connectivity index (χ1v) is 9.44. The van der Waals surface area contributed by atoms with Crippen molar-refractivity contribution in [3.05, 3.63) is 78.1 Å². The number of nitrogens with zero attached hydrogens (tertiary/aromatic N) is 2. The third kappa shape index (κ3) is 3.18. The van der Waals surface area contributed by atoms with Gasteiger partial charge in [0.25, 0.3) is 5.91 Å². The van der Waals surface area contributed by atoms with E-state index in [-0.39, 0.29) is 5.91 Å². The summed E-state index contributed by atoms with van der Waals surface area (Å²) < 4.78 is 13.2. The Kier molecular flexibility index (Phi) is 4.17. The summed E-state index contributed by atoms with van der Waals surface area (Å²) in [6.45, 7) is 3.00. The lowest BCUT2D eigenvalue weighted by Gasteiger charge is -2.19. The molecule has 0 spiro atoms. The van der Waals surface area contributed by atoms with Gasteiger partial charge in [0.1, 0.15) is 19.0 Å². The van der Waals surface area contributed by atoms with Crippen LogP contribution in [0.2, 0.25) is 0 Å². The molecule has 1 aliphatic heterocycles. The molecule has 0 atom stereocenters. The van der Waals surface area contributed by atoms with Crippen LogP contribution in [0.3, 0.4) is 0 Å². The highest BCUT2D eigenvalue weighted by atomic mass is 16.6. The number of benzene rings is 3. The van der Waals surface area contributed by atoms with Crippen LogP contribution in [0.25, 0.3) is 16.7 Å². The number of rotatable bonds is 3. The van der Waals surface area contributed by atoms with E-state index < -0.39 is 0 Å². The second-order valence-corrected chi connectivity index (χ2v) is 6.85. The van der Waals surface area contributed by atoms with Crippen molar-refractivity contribution in [2.45, 2.75) is 6.92 Å². The Hall–Kier alpha value is -3.80. The average molecular weight is 385 g/mol. The minimum absolute atomic E-state index is 0.199. The molecule has 0 fully saturated rings. The van der Waals surface area contributed by atoms with E-state index in [4.69, 9.17) is 9.47 Å². The number of aromatic nitrogens is 2. The van der Waals surface area contributed by atoms with Crippen molar-refractivity contribution < 1.29 is 14.3 Å². The maximum absolute atomic E-state index is 12.8. The number of anilines is 1. The van der Waals surface area contributed by atoms with Gasteiger partial charge in [0.15, 0.2) is 11.5 Å². The lowest BCUT2D eigenvalue weighted by atomic mass is 10.1. The number of ether oxygens (including phenoxy) is 2. The number of para-hydroxylation sites is 1. The highest BCUT2D eigenvalue weighted by Crippen LogP contribution is 2.32. The monoisotopic (exact) mass is 385 g/mol. The second kappa shape index (κ2) is 6.98. The fourth-order valence-electron chi connectivity index (χ4n) is 3.57. The summed E-state index contributed by atoms with van der Waals surface area (Å²) in [4.78, 5) is 17.4. The van der Waals surface area contributed by atoms with Gasteiger partial charge in [-0.05, 0) is 49.4 Å². The van der Waals surface area contributed by atoms with Crippen LogP contribution in [0.4, 0.5) is 5.69 Å². The molecule has 6 heteroatoms. The van der Waals surface area contributed by atoms with Gasteiger partial charge in [-0.2, -0.15) is 0 Å². The van der Waals surface area contributed by atoms with Gasteiger partial charge in [0.2, 0.25) is 0 Å². The summed E-state index contributed by atoms with van der Waals surface area (Å²) in [5.41, 5.74) is 3.99. The normalized spacial score (nSPS) is 12.7. The van der Waals surface area contributed by atoms with Gasteiger partial charge in [-0.3, -0.25) is 9.36 Å². The van der Waals surface area contributed by atoms with Crippen LogP contribution in [-0.2, 0) is 0 Å². The quantitative estimate of drug-likeness (QED) is 0.569. The molecular weight excluding hydrogens is 366 g/mol. The molecule has 2 heterocycles. The van der Waals surface area contributed by atoms with Crippen molar-refractivity contribution in [3.8, 4) is 17.2 Å². The molecule has 144 valence electrons. The van der Waals surface area contributed by atoms with E-state index >= 15 is 0 Å². The van der Waals surface area contributed by atoms with Gasteiger partial charge < -0.3 is 14.8 Å². The number of amides is 1. The molecule has 6 nitrogen and oxygen atoms in total. The fourth-order valence-corrected chi connectivity index (χ4v) is 3.57. The minimum atomic E-state index is -0.199. The third-order valence-electron chi connectivity index (χ3n) is 4.90. The molecule has 1 amide bonds. The van der Waals surface area contributed by atoms with Crippen molar-refractivity contribution in [1.82, 2.24) is 9.55 Å². The first kappa shape index (κ1) is 17.3. The molecule has 1 aliphatic rings. The largest absolute Gasteiger partial charge is 0.486 e. The number of hydrogen-bond donors (Lipinski definition) is 1. The van der Waals surface area contributed by atoms with Gasteiger partial charge in [0, 0.05) is 23.0 Å². The molecule has 0 radical (unpaired) electrons. The maximum atomic E-state index is 12.8. The highest BCUT2D eigenvalue weighted by Gasteiger charge is 2.15. The molecule has 0 saturated heterocycles. The van der Waals surface area contributed by atoms with Crippen molar-refractivity contribution >= 4 is 22.6 Å². The zero-order valence-corrected chi connectivity index (χ0v) is 15.9.